The van der Waals surface area contributed by atoms with Crippen LogP contribution in [-0.4, -0.2) is 37.4 Å². The van der Waals surface area contributed by atoms with Crippen LogP contribution in [0.1, 0.15) is 32.6 Å². The van der Waals surface area contributed by atoms with Crippen molar-refractivity contribution < 1.29 is 14.3 Å². The van der Waals surface area contributed by atoms with E-state index in [0.717, 1.165) is 38.8 Å². The highest BCUT2D eigenvalue weighted by Crippen LogP contribution is 2.36. The van der Waals surface area contributed by atoms with Crippen molar-refractivity contribution in [3.63, 3.8) is 0 Å². The predicted molar refractivity (Wildman–Crippen MR) is 55.6 cm³/mol. The molecule has 4 heteroatoms. The zero-order chi connectivity index (χ0) is 10.7. The van der Waals surface area contributed by atoms with Crippen molar-refractivity contribution in [3.05, 3.63) is 0 Å². The summed E-state index contributed by atoms with van der Waals surface area (Å²) in [4.78, 5) is 11.6. The fraction of sp³-hybridized carbons (Fsp3) is 0.909. The standard InChI is InChI=1S/C11H19NO3/c1-2-14-10(13)11(5-6-11)12-8-9-4-3-7-15-9/h9,12H,2-8H2,1H3. The first-order valence-electron chi connectivity index (χ1n) is 5.81. The molecule has 4 nitrogen and oxygen atoms in total. The van der Waals surface area contributed by atoms with Gasteiger partial charge < -0.3 is 9.47 Å². The molecule has 0 aromatic rings. The van der Waals surface area contributed by atoms with Gasteiger partial charge in [0.25, 0.3) is 0 Å². The van der Waals surface area contributed by atoms with Crippen LogP contribution in [0.15, 0.2) is 0 Å². The van der Waals surface area contributed by atoms with E-state index in [1.165, 1.54) is 0 Å². The van der Waals surface area contributed by atoms with E-state index in [9.17, 15) is 4.79 Å². The lowest BCUT2D eigenvalue weighted by Gasteiger charge is -2.18. The third kappa shape index (κ3) is 2.49. The number of nitrogens with one attached hydrogen (secondary N) is 1. The summed E-state index contributed by atoms with van der Waals surface area (Å²) in [5.41, 5.74) is -0.373. The Morgan fingerprint density at radius 2 is 2.40 bits per heavy atom. The Kier molecular flexibility index (Phi) is 3.26. The molecule has 0 aromatic heterocycles. The summed E-state index contributed by atoms with van der Waals surface area (Å²) >= 11 is 0. The second kappa shape index (κ2) is 4.49. The molecule has 15 heavy (non-hydrogen) atoms. The molecule has 1 aliphatic heterocycles. The molecule has 2 aliphatic rings. The van der Waals surface area contributed by atoms with Crippen molar-refractivity contribution in [2.45, 2.75) is 44.2 Å². The molecular formula is C11H19NO3. The van der Waals surface area contributed by atoms with E-state index in [1.54, 1.807) is 0 Å². The molecule has 86 valence electrons. The van der Waals surface area contributed by atoms with E-state index < -0.39 is 0 Å². The first-order chi connectivity index (χ1) is 7.27. The maximum absolute atomic E-state index is 11.6. The summed E-state index contributed by atoms with van der Waals surface area (Å²) in [5.74, 6) is -0.0944. The fourth-order valence-electron chi connectivity index (χ4n) is 1.96. The van der Waals surface area contributed by atoms with Gasteiger partial charge in [-0.3, -0.25) is 10.1 Å². The van der Waals surface area contributed by atoms with Gasteiger partial charge in [0.05, 0.1) is 12.7 Å². The molecule has 1 heterocycles. The van der Waals surface area contributed by atoms with E-state index in [4.69, 9.17) is 9.47 Å². The van der Waals surface area contributed by atoms with Crippen molar-refractivity contribution in [1.29, 1.82) is 0 Å². The summed E-state index contributed by atoms with van der Waals surface area (Å²) in [7, 11) is 0. The predicted octanol–water partition coefficient (Wildman–Crippen LogP) is 0.851. The average Bonchev–Trinajstić information content (AvgIpc) is 2.85. The summed E-state index contributed by atoms with van der Waals surface area (Å²) in [6.07, 6.45) is 4.33. The van der Waals surface area contributed by atoms with Gasteiger partial charge in [0.15, 0.2) is 0 Å². The minimum absolute atomic E-state index is 0.0944. The van der Waals surface area contributed by atoms with Gasteiger partial charge >= 0.3 is 5.97 Å². The quantitative estimate of drug-likeness (QED) is 0.688. The topological polar surface area (TPSA) is 47.6 Å². The number of hydrogen-bond donors (Lipinski definition) is 1. The Morgan fingerprint density at radius 3 is 2.93 bits per heavy atom. The molecule has 2 fully saturated rings. The highest BCUT2D eigenvalue weighted by atomic mass is 16.5. The Labute approximate surface area is 90.3 Å². The zero-order valence-corrected chi connectivity index (χ0v) is 9.25. The van der Waals surface area contributed by atoms with E-state index in [1.807, 2.05) is 6.92 Å². The lowest BCUT2D eigenvalue weighted by Crippen LogP contribution is -2.44. The molecular weight excluding hydrogens is 194 g/mol. The normalized spacial score (nSPS) is 27.7. The van der Waals surface area contributed by atoms with E-state index in [2.05, 4.69) is 5.32 Å². The van der Waals surface area contributed by atoms with E-state index in [0.29, 0.717) is 6.61 Å². The van der Waals surface area contributed by atoms with Crippen molar-refractivity contribution in [1.82, 2.24) is 5.32 Å². The van der Waals surface area contributed by atoms with Crippen molar-refractivity contribution in [3.8, 4) is 0 Å². The summed E-state index contributed by atoms with van der Waals surface area (Å²) in [5, 5.41) is 3.30. The SMILES string of the molecule is CCOC(=O)C1(NCC2CCCO2)CC1. The Hall–Kier alpha value is -0.610. The number of ether oxygens (including phenoxy) is 2. The lowest BCUT2D eigenvalue weighted by atomic mass is 10.2. The molecule has 1 atom stereocenters. The van der Waals surface area contributed by atoms with Gasteiger partial charge in [-0.1, -0.05) is 0 Å². The minimum Gasteiger partial charge on any atom is -0.465 e. The molecule has 0 amide bonds. The second-order valence-corrected chi connectivity index (χ2v) is 4.32. The van der Waals surface area contributed by atoms with Crippen LogP contribution < -0.4 is 5.32 Å². The maximum atomic E-state index is 11.6. The number of esters is 1. The van der Waals surface area contributed by atoms with Gasteiger partial charge in [-0.15, -0.1) is 0 Å². The molecule has 1 saturated heterocycles. The van der Waals surface area contributed by atoms with Crippen LogP contribution in [0.5, 0.6) is 0 Å². The largest absolute Gasteiger partial charge is 0.465 e. The zero-order valence-electron chi connectivity index (χ0n) is 9.25. The van der Waals surface area contributed by atoms with Crippen molar-refractivity contribution in [2.24, 2.45) is 0 Å². The van der Waals surface area contributed by atoms with Crippen LogP contribution >= 0.6 is 0 Å². The molecule has 0 aromatic carbocycles. The van der Waals surface area contributed by atoms with Gasteiger partial charge in [-0.05, 0) is 32.6 Å². The average molecular weight is 213 g/mol. The summed E-state index contributed by atoms with van der Waals surface area (Å²) < 4.78 is 10.5. The number of rotatable bonds is 5. The minimum atomic E-state index is -0.373. The summed E-state index contributed by atoms with van der Waals surface area (Å²) in [6, 6.07) is 0. The van der Waals surface area contributed by atoms with Crippen molar-refractivity contribution in [2.75, 3.05) is 19.8 Å². The van der Waals surface area contributed by atoms with Gasteiger partial charge in [-0.2, -0.15) is 0 Å². The van der Waals surface area contributed by atoms with E-state index in [-0.39, 0.29) is 17.6 Å². The molecule has 1 saturated carbocycles. The number of carbonyl (C=O) groups is 1. The second-order valence-electron chi connectivity index (χ2n) is 4.32. The lowest BCUT2D eigenvalue weighted by molar-refractivity contribution is -0.147. The third-order valence-electron chi connectivity index (χ3n) is 3.11. The van der Waals surface area contributed by atoms with Gasteiger partial charge in [0.1, 0.15) is 5.54 Å². The molecule has 0 spiro atoms. The number of carbonyl (C=O) groups excluding carboxylic acids is 1. The fourth-order valence-corrected chi connectivity index (χ4v) is 1.96. The molecule has 1 unspecified atom stereocenters. The Balaban J connectivity index is 1.75. The third-order valence-corrected chi connectivity index (χ3v) is 3.11. The maximum Gasteiger partial charge on any atom is 0.326 e. The molecule has 0 bridgehead atoms. The first kappa shape index (κ1) is 10.9. The number of hydrogen-bond acceptors (Lipinski definition) is 4. The van der Waals surface area contributed by atoms with Crippen molar-refractivity contribution >= 4 is 5.97 Å². The van der Waals surface area contributed by atoms with Crippen LogP contribution in [-0.2, 0) is 14.3 Å². The van der Waals surface area contributed by atoms with Crippen LogP contribution in [0.25, 0.3) is 0 Å². The monoisotopic (exact) mass is 213 g/mol. The molecule has 1 N–H and O–H groups in total. The van der Waals surface area contributed by atoms with Crippen LogP contribution in [0.3, 0.4) is 0 Å². The molecule has 2 rings (SSSR count). The summed E-state index contributed by atoms with van der Waals surface area (Å²) in [6.45, 7) is 3.94. The van der Waals surface area contributed by atoms with Crippen LogP contribution in [0.4, 0.5) is 0 Å². The van der Waals surface area contributed by atoms with Crippen LogP contribution in [0, 0.1) is 0 Å². The molecule has 1 aliphatic carbocycles. The Bertz CT molecular complexity index is 232. The Morgan fingerprint density at radius 1 is 1.60 bits per heavy atom. The smallest absolute Gasteiger partial charge is 0.326 e. The van der Waals surface area contributed by atoms with Crippen LogP contribution in [0.2, 0.25) is 0 Å². The van der Waals surface area contributed by atoms with E-state index >= 15 is 0 Å². The molecule has 0 radical (unpaired) electrons. The highest BCUT2D eigenvalue weighted by molar-refractivity contribution is 5.84. The van der Waals surface area contributed by atoms with Gasteiger partial charge in [0.2, 0.25) is 0 Å². The first-order valence-corrected chi connectivity index (χ1v) is 5.81. The van der Waals surface area contributed by atoms with Gasteiger partial charge in [0, 0.05) is 13.2 Å². The van der Waals surface area contributed by atoms with Gasteiger partial charge in [-0.25, -0.2) is 0 Å². The highest BCUT2D eigenvalue weighted by Gasteiger charge is 2.51.